The Balaban J connectivity index is 1.98. The van der Waals surface area contributed by atoms with Gasteiger partial charge in [-0.2, -0.15) is 0 Å². The number of hydrogen-bond acceptors (Lipinski definition) is 6. The zero-order valence-corrected chi connectivity index (χ0v) is 19.5. The topological polar surface area (TPSA) is 107 Å². The summed E-state index contributed by atoms with van der Waals surface area (Å²) in [6.07, 6.45) is 2.83. The van der Waals surface area contributed by atoms with Crippen LogP contribution in [0.3, 0.4) is 0 Å². The van der Waals surface area contributed by atoms with Gasteiger partial charge in [0.25, 0.3) is 11.5 Å². The van der Waals surface area contributed by atoms with Gasteiger partial charge in [0.15, 0.2) is 17.3 Å². The maximum Gasteiger partial charge on any atom is 0.287 e. The molecule has 0 saturated heterocycles. The van der Waals surface area contributed by atoms with Crippen LogP contribution in [0.25, 0.3) is 22.1 Å². The summed E-state index contributed by atoms with van der Waals surface area (Å²) in [6, 6.07) is 5.75. The van der Waals surface area contributed by atoms with E-state index < -0.39 is 28.7 Å². The summed E-state index contributed by atoms with van der Waals surface area (Å²) in [5.74, 6) is -2.63. The van der Waals surface area contributed by atoms with E-state index in [0.29, 0.717) is 23.7 Å². The molecule has 3 aromatic heterocycles. The van der Waals surface area contributed by atoms with Crippen molar-refractivity contribution in [1.82, 2.24) is 14.9 Å². The number of fused-ring (bicyclic) bond motifs is 1. The molecule has 8 nitrogen and oxygen atoms in total. The van der Waals surface area contributed by atoms with E-state index in [1.807, 2.05) is 0 Å². The van der Waals surface area contributed by atoms with Crippen LogP contribution in [0.1, 0.15) is 36.9 Å². The molecule has 0 aliphatic heterocycles. The third-order valence-electron chi connectivity index (χ3n) is 5.36. The Hall–Kier alpha value is -4.05. The molecular weight excluding hydrogens is 460 g/mol. The number of nitrogens with zero attached hydrogens (tertiary/aromatic N) is 2. The van der Waals surface area contributed by atoms with E-state index in [1.165, 1.54) is 30.1 Å². The lowest BCUT2D eigenvalue weighted by molar-refractivity contribution is 0.0782. The average molecular weight is 483 g/mol. The first-order chi connectivity index (χ1) is 16.5. The molecule has 0 aliphatic rings. The van der Waals surface area contributed by atoms with E-state index in [2.05, 4.69) is 10.3 Å². The van der Waals surface area contributed by atoms with Crippen molar-refractivity contribution in [3.63, 3.8) is 0 Å². The van der Waals surface area contributed by atoms with Crippen molar-refractivity contribution in [3.05, 3.63) is 76.0 Å². The highest BCUT2D eigenvalue weighted by atomic mass is 19.1. The van der Waals surface area contributed by atoms with Gasteiger partial charge in [-0.3, -0.25) is 9.59 Å². The number of carbonyl (C=O) groups excluding carboxylic acids is 1. The fraction of sp³-hybridized carbons (Fsp3) is 0.240. The first kappa shape index (κ1) is 24.1. The molecule has 1 amide bonds. The first-order valence-electron chi connectivity index (χ1n) is 10.8. The van der Waals surface area contributed by atoms with Crippen LogP contribution in [-0.4, -0.2) is 27.1 Å². The lowest BCUT2D eigenvalue weighted by Crippen LogP contribution is -2.22. The molecular formula is C25H23F2N3O5. The van der Waals surface area contributed by atoms with Crippen LogP contribution >= 0.6 is 0 Å². The van der Waals surface area contributed by atoms with E-state index in [0.717, 1.165) is 12.1 Å². The minimum absolute atomic E-state index is 0.0648. The third kappa shape index (κ3) is 4.65. The molecule has 182 valence electrons. The van der Waals surface area contributed by atoms with Gasteiger partial charge in [0, 0.05) is 49.2 Å². The SMILES string of the molecule is CCNC(=O)c1cc2c(=O)n(C)cc(-c3cc(C(C)(C)O)cnc3Oc3ccc(F)cc3F)c2o1. The van der Waals surface area contributed by atoms with Gasteiger partial charge in [0.1, 0.15) is 11.4 Å². The maximum atomic E-state index is 14.3. The maximum absolute atomic E-state index is 14.3. The quantitative estimate of drug-likeness (QED) is 0.425. The zero-order chi connectivity index (χ0) is 25.5. The number of hydrogen-bond donors (Lipinski definition) is 2. The molecule has 0 unspecified atom stereocenters. The van der Waals surface area contributed by atoms with E-state index in [-0.39, 0.29) is 33.9 Å². The second kappa shape index (κ2) is 8.95. The van der Waals surface area contributed by atoms with E-state index in [9.17, 15) is 23.5 Å². The fourth-order valence-corrected chi connectivity index (χ4v) is 3.53. The van der Waals surface area contributed by atoms with Crippen LogP contribution < -0.4 is 15.6 Å². The minimum Gasteiger partial charge on any atom is -0.450 e. The normalized spacial score (nSPS) is 11.6. The van der Waals surface area contributed by atoms with E-state index in [4.69, 9.17) is 9.15 Å². The molecule has 35 heavy (non-hydrogen) atoms. The summed E-state index contributed by atoms with van der Waals surface area (Å²) in [5, 5.41) is 13.3. The highest BCUT2D eigenvalue weighted by molar-refractivity contribution is 6.00. The van der Waals surface area contributed by atoms with Gasteiger partial charge in [0.05, 0.1) is 16.6 Å². The molecule has 0 fully saturated rings. The predicted molar refractivity (Wildman–Crippen MR) is 124 cm³/mol. The average Bonchev–Trinajstić information content (AvgIpc) is 3.24. The van der Waals surface area contributed by atoms with E-state index >= 15 is 0 Å². The fourth-order valence-electron chi connectivity index (χ4n) is 3.53. The van der Waals surface area contributed by atoms with Gasteiger partial charge in [-0.05, 0) is 39.0 Å². The standard InChI is InChI=1S/C25H23F2N3O5/c1-5-28-22(31)20-10-16-21(34-20)17(12-30(4)24(16)32)15-8-13(25(2,3)33)11-29-23(15)35-19-7-6-14(26)9-18(19)27/h6-12,33H,5H2,1-4H3,(H,28,31). The summed E-state index contributed by atoms with van der Waals surface area (Å²) in [5.41, 5.74) is -0.636. The second-order valence-corrected chi connectivity index (χ2v) is 8.48. The number of amides is 1. The largest absolute Gasteiger partial charge is 0.450 e. The van der Waals surface area contributed by atoms with Gasteiger partial charge in [-0.1, -0.05) is 0 Å². The highest BCUT2D eigenvalue weighted by Gasteiger charge is 2.25. The number of carbonyl (C=O) groups is 1. The second-order valence-electron chi connectivity index (χ2n) is 8.48. The van der Waals surface area contributed by atoms with Gasteiger partial charge in [-0.15, -0.1) is 0 Å². The van der Waals surface area contributed by atoms with Gasteiger partial charge in [0.2, 0.25) is 5.88 Å². The summed E-state index contributed by atoms with van der Waals surface area (Å²) in [7, 11) is 1.53. The van der Waals surface area contributed by atoms with Crippen LogP contribution in [0.5, 0.6) is 11.6 Å². The number of halogens is 2. The number of rotatable bonds is 6. The number of furan rings is 1. The number of nitrogens with one attached hydrogen (secondary N) is 1. The Morgan fingerprint density at radius 3 is 2.63 bits per heavy atom. The van der Waals surface area contributed by atoms with E-state index in [1.54, 1.807) is 26.8 Å². The Morgan fingerprint density at radius 1 is 1.23 bits per heavy atom. The monoisotopic (exact) mass is 483 g/mol. The number of aryl methyl sites for hydroxylation is 1. The van der Waals surface area contributed by atoms with Crippen LogP contribution in [0, 0.1) is 11.6 Å². The van der Waals surface area contributed by atoms with Crippen molar-refractivity contribution in [1.29, 1.82) is 0 Å². The van der Waals surface area contributed by atoms with Crippen molar-refractivity contribution in [2.24, 2.45) is 7.05 Å². The van der Waals surface area contributed by atoms with Crippen molar-refractivity contribution in [2.75, 3.05) is 6.54 Å². The summed E-state index contributed by atoms with van der Waals surface area (Å²) >= 11 is 0. The predicted octanol–water partition coefficient (Wildman–Crippen LogP) is 4.24. The summed E-state index contributed by atoms with van der Waals surface area (Å²) in [4.78, 5) is 29.4. The molecule has 4 rings (SSSR count). The van der Waals surface area contributed by atoms with Crippen molar-refractivity contribution in [3.8, 4) is 22.8 Å². The summed E-state index contributed by atoms with van der Waals surface area (Å²) < 4.78 is 40.5. The zero-order valence-electron chi connectivity index (χ0n) is 19.5. The third-order valence-corrected chi connectivity index (χ3v) is 5.36. The number of benzene rings is 1. The molecule has 10 heteroatoms. The van der Waals surface area contributed by atoms with Crippen molar-refractivity contribution in [2.45, 2.75) is 26.4 Å². The molecule has 0 saturated carbocycles. The molecule has 1 aromatic carbocycles. The Labute approximate surface area is 198 Å². The lowest BCUT2D eigenvalue weighted by Gasteiger charge is -2.20. The molecule has 0 aliphatic carbocycles. The highest BCUT2D eigenvalue weighted by Crippen LogP contribution is 2.38. The molecule has 0 atom stereocenters. The smallest absolute Gasteiger partial charge is 0.287 e. The van der Waals surface area contributed by atoms with Crippen molar-refractivity contribution >= 4 is 16.9 Å². The molecule has 0 spiro atoms. The molecule has 2 N–H and O–H groups in total. The lowest BCUT2D eigenvalue weighted by atomic mass is 9.96. The number of ether oxygens (including phenoxy) is 1. The molecule has 4 aromatic rings. The van der Waals surface area contributed by atoms with Gasteiger partial charge >= 0.3 is 0 Å². The Bertz CT molecular complexity index is 1500. The van der Waals surface area contributed by atoms with Crippen molar-refractivity contribution < 1.29 is 27.8 Å². The van der Waals surface area contributed by atoms with Gasteiger partial charge in [-0.25, -0.2) is 13.8 Å². The summed E-state index contributed by atoms with van der Waals surface area (Å²) in [6.45, 7) is 5.23. The minimum atomic E-state index is -1.30. The van der Waals surface area contributed by atoms with Crippen LogP contribution in [0.2, 0.25) is 0 Å². The molecule has 3 heterocycles. The van der Waals surface area contributed by atoms with Crippen LogP contribution in [-0.2, 0) is 12.6 Å². The first-order valence-corrected chi connectivity index (χ1v) is 10.8. The molecule has 0 radical (unpaired) electrons. The van der Waals surface area contributed by atoms with Crippen LogP contribution in [0.15, 0.2) is 51.9 Å². The number of aliphatic hydroxyl groups is 1. The number of pyridine rings is 2. The Kier molecular flexibility index (Phi) is 6.16. The van der Waals surface area contributed by atoms with Gasteiger partial charge < -0.3 is 24.1 Å². The Morgan fingerprint density at radius 2 is 1.97 bits per heavy atom. The van der Waals surface area contributed by atoms with Crippen LogP contribution in [0.4, 0.5) is 8.78 Å². The molecule has 0 bridgehead atoms. The number of aromatic nitrogens is 2.